The summed E-state index contributed by atoms with van der Waals surface area (Å²) in [5, 5.41) is 2.59. The lowest BCUT2D eigenvalue weighted by Crippen LogP contribution is -2.30. The molecule has 0 bridgehead atoms. The third-order valence-electron chi connectivity index (χ3n) is 4.33. The molecule has 2 amide bonds. The predicted molar refractivity (Wildman–Crippen MR) is 110 cm³/mol. The van der Waals surface area contributed by atoms with Crippen molar-refractivity contribution in [1.29, 1.82) is 0 Å². The minimum Gasteiger partial charge on any atom is -0.465 e. The topological polar surface area (TPSA) is 102 Å². The highest BCUT2D eigenvalue weighted by Gasteiger charge is 2.19. The van der Waals surface area contributed by atoms with Crippen LogP contribution in [0.3, 0.4) is 0 Å². The maximum atomic E-state index is 12.4. The Bertz CT molecular complexity index is 937. The Morgan fingerprint density at radius 2 is 1.53 bits per heavy atom. The fourth-order valence-corrected chi connectivity index (χ4v) is 2.78. The molecule has 0 fully saturated rings. The number of carbonyl (C=O) groups excluding carboxylic acids is 4. The molecular formula is C22H24N2O6. The lowest BCUT2D eigenvalue weighted by Gasteiger charge is -2.19. The molecule has 30 heavy (non-hydrogen) atoms. The molecular weight excluding hydrogens is 388 g/mol. The molecule has 2 aromatic carbocycles. The minimum atomic E-state index is -0.823. The summed E-state index contributed by atoms with van der Waals surface area (Å²) in [6.45, 7) is 4.38. The predicted octanol–water partition coefficient (Wildman–Crippen LogP) is 2.75. The standard InChI is InChI=1S/C22H24N2O6/c1-4-24(5-2)20(26)15-9-8-10-16(13-15)23-19(25)14-30-22(28)18-12-7-6-11-17(18)21(27)29-3/h6-13H,4-5,14H2,1-3H3,(H,23,25). The van der Waals surface area contributed by atoms with Gasteiger partial charge in [-0.3, -0.25) is 9.59 Å². The first-order valence-electron chi connectivity index (χ1n) is 9.44. The molecule has 0 radical (unpaired) electrons. The number of nitrogens with zero attached hydrogens (tertiary/aromatic N) is 1. The molecule has 0 aliphatic rings. The highest BCUT2D eigenvalue weighted by molar-refractivity contribution is 6.04. The fourth-order valence-electron chi connectivity index (χ4n) is 2.78. The zero-order chi connectivity index (χ0) is 22.1. The summed E-state index contributed by atoms with van der Waals surface area (Å²) in [6, 6.07) is 12.5. The highest BCUT2D eigenvalue weighted by atomic mass is 16.5. The van der Waals surface area contributed by atoms with E-state index in [-0.39, 0.29) is 17.0 Å². The lowest BCUT2D eigenvalue weighted by molar-refractivity contribution is -0.119. The number of hydrogen-bond donors (Lipinski definition) is 1. The van der Waals surface area contributed by atoms with E-state index in [1.807, 2.05) is 13.8 Å². The van der Waals surface area contributed by atoms with Crippen molar-refractivity contribution >= 4 is 29.4 Å². The van der Waals surface area contributed by atoms with Crippen LogP contribution in [0.2, 0.25) is 0 Å². The van der Waals surface area contributed by atoms with Gasteiger partial charge in [0.2, 0.25) is 0 Å². The van der Waals surface area contributed by atoms with Gasteiger partial charge in [0.25, 0.3) is 11.8 Å². The molecule has 0 spiro atoms. The Balaban J connectivity index is 2.01. The number of ether oxygens (including phenoxy) is 2. The number of carbonyl (C=O) groups is 4. The summed E-state index contributed by atoms with van der Waals surface area (Å²) in [5.74, 6) is -2.22. The lowest BCUT2D eigenvalue weighted by atomic mass is 10.1. The number of methoxy groups -OCH3 is 1. The first-order valence-corrected chi connectivity index (χ1v) is 9.44. The molecule has 0 heterocycles. The van der Waals surface area contributed by atoms with Crippen molar-refractivity contribution in [3.8, 4) is 0 Å². The van der Waals surface area contributed by atoms with Crippen LogP contribution in [0.1, 0.15) is 44.9 Å². The van der Waals surface area contributed by atoms with E-state index >= 15 is 0 Å². The van der Waals surface area contributed by atoms with E-state index in [0.29, 0.717) is 24.3 Å². The number of anilines is 1. The Kier molecular flexibility index (Phi) is 8.10. The second-order valence-corrected chi connectivity index (χ2v) is 6.22. The average molecular weight is 412 g/mol. The molecule has 8 nitrogen and oxygen atoms in total. The Morgan fingerprint density at radius 3 is 2.13 bits per heavy atom. The highest BCUT2D eigenvalue weighted by Crippen LogP contribution is 2.14. The van der Waals surface area contributed by atoms with Crippen LogP contribution in [-0.4, -0.2) is 55.5 Å². The molecule has 0 saturated carbocycles. The van der Waals surface area contributed by atoms with Gasteiger partial charge in [-0.05, 0) is 44.2 Å². The van der Waals surface area contributed by atoms with Gasteiger partial charge < -0.3 is 19.7 Å². The van der Waals surface area contributed by atoms with Crippen molar-refractivity contribution in [2.24, 2.45) is 0 Å². The zero-order valence-corrected chi connectivity index (χ0v) is 17.1. The van der Waals surface area contributed by atoms with Crippen molar-refractivity contribution in [1.82, 2.24) is 4.90 Å². The van der Waals surface area contributed by atoms with E-state index in [2.05, 4.69) is 10.1 Å². The van der Waals surface area contributed by atoms with E-state index in [1.54, 1.807) is 41.3 Å². The molecule has 2 aromatic rings. The molecule has 0 aliphatic heterocycles. The second-order valence-electron chi connectivity index (χ2n) is 6.22. The van der Waals surface area contributed by atoms with Gasteiger partial charge in [-0.2, -0.15) is 0 Å². The average Bonchev–Trinajstić information content (AvgIpc) is 2.77. The largest absolute Gasteiger partial charge is 0.465 e. The first kappa shape index (κ1) is 22.6. The fraction of sp³-hybridized carbons (Fsp3) is 0.273. The van der Waals surface area contributed by atoms with Crippen LogP contribution in [0.5, 0.6) is 0 Å². The molecule has 2 rings (SSSR count). The van der Waals surface area contributed by atoms with E-state index in [1.165, 1.54) is 19.2 Å². The monoisotopic (exact) mass is 412 g/mol. The van der Waals surface area contributed by atoms with E-state index in [4.69, 9.17) is 4.74 Å². The first-order chi connectivity index (χ1) is 14.4. The third-order valence-corrected chi connectivity index (χ3v) is 4.33. The van der Waals surface area contributed by atoms with Gasteiger partial charge in [0.1, 0.15) is 0 Å². The SMILES string of the molecule is CCN(CC)C(=O)c1cccc(NC(=O)COC(=O)c2ccccc2C(=O)OC)c1. The van der Waals surface area contributed by atoms with E-state index < -0.39 is 24.5 Å². The Hall–Kier alpha value is -3.68. The van der Waals surface area contributed by atoms with Crippen molar-refractivity contribution in [3.05, 3.63) is 65.2 Å². The summed E-state index contributed by atoms with van der Waals surface area (Å²) in [7, 11) is 1.21. The van der Waals surface area contributed by atoms with Crippen LogP contribution in [0, 0.1) is 0 Å². The van der Waals surface area contributed by atoms with Crippen LogP contribution < -0.4 is 5.32 Å². The van der Waals surface area contributed by atoms with E-state index in [0.717, 1.165) is 0 Å². The molecule has 0 aliphatic carbocycles. The van der Waals surface area contributed by atoms with Gasteiger partial charge in [-0.25, -0.2) is 9.59 Å². The van der Waals surface area contributed by atoms with E-state index in [9.17, 15) is 19.2 Å². The molecule has 0 aromatic heterocycles. The number of hydrogen-bond acceptors (Lipinski definition) is 6. The van der Waals surface area contributed by atoms with Gasteiger partial charge in [0, 0.05) is 24.3 Å². The summed E-state index contributed by atoms with van der Waals surface area (Å²) in [5.41, 5.74) is 0.904. The van der Waals surface area contributed by atoms with Crippen molar-refractivity contribution in [2.45, 2.75) is 13.8 Å². The third kappa shape index (κ3) is 5.66. The molecule has 0 saturated heterocycles. The van der Waals surface area contributed by atoms with Gasteiger partial charge in [0.05, 0.1) is 18.2 Å². The number of esters is 2. The van der Waals surface area contributed by atoms with Crippen LogP contribution in [0.15, 0.2) is 48.5 Å². The van der Waals surface area contributed by atoms with Crippen LogP contribution in [0.4, 0.5) is 5.69 Å². The maximum absolute atomic E-state index is 12.4. The number of nitrogens with one attached hydrogen (secondary N) is 1. The van der Waals surface area contributed by atoms with Crippen molar-refractivity contribution in [2.75, 3.05) is 32.1 Å². The molecule has 1 N–H and O–H groups in total. The zero-order valence-electron chi connectivity index (χ0n) is 17.1. The van der Waals surface area contributed by atoms with Crippen LogP contribution in [-0.2, 0) is 14.3 Å². The van der Waals surface area contributed by atoms with Gasteiger partial charge in [-0.15, -0.1) is 0 Å². The molecule has 0 unspecified atom stereocenters. The molecule has 8 heteroatoms. The Labute approximate surface area is 174 Å². The van der Waals surface area contributed by atoms with Crippen LogP contribution >= 0.6 is 0 Å². The molecule has 0 atom stereocenters. The number of rotatable bonds is 8. The van der Waals surface area contributed by atoms with Gasteiger partial charge in [-0.1, -0.05) is 18.2 Å². The minimum absolute atomic E-state index is 0.00367. The quantitative estimate of drug-likeness (QED) is 0.669. The number of benzene rings is 2. The summed E-state index contributed by atoms with van der Waals surface area (Å²) in [6.07, 6.45) is 0. The second kappa shape index (κ2) is 10.8. The van der Waals surface area contributed by atoms with Crippen LogP contribution in [0.25, 0.3) is 0 Å². The van der Waals surface area contributed by atoms with Gasteiger partial charge >= 0.3 is 11.9 Å². The normalized spacial score (nSPS) is 10.1. The van der Waals surface area contributed by atoms with Crippen molar-refractivity contribution < 1.29 is 28.7 Å². The van der Waals surface area contributed by atoms with Crippen molar-refractivity contribution in [3.63, 3.8) is 0 Å². The summed E-state index contributed by atoms with van der Waals surface area (Å²) >= 11 is 0. The smallest absolute Gasteiger partial charge is 0.339 e. The van der Waals surface area contributed by atoms with Gasteiger partial charge in [0.15, 0.2) is 6.61 Å². The Morgan fingerprint density at radius 1 is 0.900 bits per heavy atom. The molecule has 158 valence electrons. The maximum Gasteiger partial charge on any atom is 0.339 e. The number of amides is 2. The summed E-state index contributed by atoms with van der Waals surface area (Å²) in [4.78, 5) is 50.3. The summed E-state index contributed by atoms with van der Waals surface area (Å²) < 4.78 is 9.65.